The number of hydrogen-bond acceptors (Lipinski definition) is 3. The maximum absolute atomic E-state index is 13.2. The molecule has 1 heterocycles. The number of hydrogen-bond donors (Lipinski definition) is 3. The molecule has 4 rings (SSSR count). The number of carbonyl (C=O) groups is 3. The number of urea groups is 1. The molecule has 0 saturated heterocycles. The third-order valence-corrected chi connectivity index (χ3v) is 5.70. The average molecular weight is 457 g/mol. The van der Waals surface area contributed by atoms with Crippen LogP contribution >= 0.6 is 0 Å². The zero-order valence-electron chi connectivity index (χ0n) is 18.9. The van der Waals surface area contributed by atoms with Crippen molar-refractivity contribution in [2.75, 3.05) is 23.3 Å². The summed E-state index contributed by atoms with van der Waals surface area (Å²) in [4.78, 5) is 39.7. The number of rotatable bonds is 8. The van der Waals surface area contributed by atoms with Gasteiger partial charge in [0.2, 0.25) is 11.8 Å². The highest BCUT2D eigenvalue weighted by molar-refractivity contribution is 6.10. The Bertz CT molecular complexity index is 1130. The van der Waals surface area contributed by atoms with Gasteiger partial charge < -0.3 is 16.0 Å². The van der Waals surface area contributed by atoms with Crippen LogP contribution in [0.1, 0.15) is 17.5 Å². The Morgan fingerprint density at radius 1 is 0.882 bits per heavy atom. The molecule has 7 nitrogen and oxygen atoms in total. The lowest BCUT2D eigenvalue weighted by molar-refractivity contribution is -0.122. The first-order chi connectivity index (χ1) is 16.6. The van der Waals surface area contributed by atoms with E-state index in [4.69, 9.17) is 0 Å². The number of para-hydroxylation sites is 2. The molecule has 0 radical (unpaired) electrons. The maximum atomic E-state index is 13.2. The van der Waals surface area contributed by atoms with Crippen molar-refractivity contribution in [2.24, 2.45) is 0 Å². The minimum Gasteiger partial charge on any atom is -0.354 e. The van der Waals surface area contributed by atoms with E-state index >= 15 is 0 Å². The molecule has 0 aromatic heterocycles. The molecule has 3 N–H and O–H groups in total. The van der Waals surface area contributed by atoms with Crippen molar-refractivity contribution in [1.29, 1.82) is 0 Å². The number of anilines is 2. The molecule has 34 heavy (non-hydrogen) atoms. The van der Waals surface area contributed by atoms with Gasteiger partial charge in [0.25, 0.3) is 0 Å². The quantitative estimate of drug-likeness (QED) is 0.453. The van der Waals surface area contributed by atoms with Gasteiger partial charge >= 0.3 is 6.03 Å². The van der Waals surface area contributed by atoms with Crippen molar-refractivity contribution in [1.82, 2.24) is 10.6 Å². The third-order valence-electron chi connectivity index (χ3n) is 5.70. The van der Waals surface area contributed by atoms with Gasteiger partial charge in [-0.25, -0.2) is 4.79 Å². The molecule has 1 aliphatic heterocycles. The van der Waals surface area contributed by atoms with Crippen molar-refractivity contribution >= 4 is 29.2 Å². The van der Waals surface area contributed by atoms with Gasteiger partial charge in [-0.05, 0) is 36.1 Å². The average Bonchev–Trinajstić information content (AvgIpc) is 2.86. The van der Waals surface area contributed by atoms with Crippen LogP contribution in [0.3, 0.4) is 0 Å². The Morgan fingerprint density at radius 2 is 1.53 bits per heavy atom. The van der Waals surface area contributed by atoms with Crippen LogP contribution in [0.5, 0.6) is 0 Å². The second-order valence-electron chi connectivity index (χ2n) is 8.22. The molecular weight excluding hydrogens is 428 g/mol. The Kier molecular flexibility index (Phi) is 7.55. The Morgan fingerprint density at radius 3 is 2.26 bits per heavy atom. The second-order valence-corrected chi connectivity index (χ2v) is 8.22. The van der Waals surface area contributed by atoms with E-state index in [1.165, 1.54) is 10.5 Å². The normalized spacial score (nSPS) is 13.4. The fraction of sp³-hybridized carbons (Fsp3) is 0.222. The topological polar surface area (TPSA) is 90.5 Å². The Labute approximate surface area is 199 Å². The number of nitrogens with zero attached hydrogens (tertiary/aromatic N) is 1. The van der Waals surface area contributed by atoms with E-state index in [-0.39, 0.29) is 18.4 Å². The molecule has 7 heteroatoms. The molecule has 0 unspecified atom stereocenters. The van der Waals surface area contributed by atoms with Crippen LogP contribution in [0.4, 0.5) is 16.2 Å². The lowest BCUT2D eigenvalue weighted by Gasteiger charge is -2.30. The predicted molar refractivity (Wildman–Crippen MR) is 133 cm³/mol. The van der Waals surface area contributed by atoms with Gasteiger partial charge in [0.15, 0.2) is 0 Å². The van der Waals surface area contributed by atoms with Crippen LogP contribution in [0, 0.1) is 0 Å². The van der Waals surface area contributed by atoms with Crippen molar-refractivity contribution in [3.63, 3.8) is 0 Å². The first kappa shape index (κ1) is 23.0. The summed E-state index contributed by atoms with van der Waals surface area (Å²) in [5, 5.41) is 8.58. The summed E-state index contributed by atoms with van der Waals surface area (Å²) >= 11 is 0. The monoisotopic (exact) mass is 456 g/mol. The molecule has 3 aromatic carbocycles. The van der Waals surface area contributed by atoms with Crippen molar-refractivity contribution in [3.05, 3.63) is 96.1 Å². The largest absolute Gasteiger partial charge is 0.354 e. The van der Waals surface area contributed by atoms with Crippen molar-refractivity contribution < 1.29 is 14.4 Å². The van der Waals surface area contributed by atoms with Crippen LogP contribution in [0.15, 0.2) is 84.9 Å². The Balaban J connectivity index is 1.42. The molecule has 1 atom stereocenters. The summed E-state index contributed by atoms with van der Waals surface area (Å²) < 4.78 is 0. The first-order valence-electron chi connectivity index (χ1n) is 11.4. The van der Waals surface area contributed by atoms with Crippen LogP contribution in [-0.4, -0.2) is 37.0 Å². The van der Waals surface area contributed by atoms with Crippen LogP contribution in [-0.2, 0) is 22.4 Å². The van der Waals surface area contributed by atoms with Gasteiger partial charge in [-0.3, -0.25) is 14.5 Å². The van der Waals surface area contributed by atoms with E-state index in [9.17, 15) is 14.4 Å². The lowest BCUT2D eigenvalue weighted by Crippen LogP contribution is -2.54. The fourth-order valence-electron chi connectivity index (χ4n) is 3.97. The summed E-state index contributed by atoms with van der Waals surface area (Å²) in [6.45, 7) is 0.392. The summed E-state index contributed by atoms with van der Waals surface area (Å²) in [5.74, 6) is -0.529. The van der Waals surface area contributed by atoms with Gasteiger partial charge in [0, 0.05) is 13.0 Å². The number of aryl methyl sites for hydroxylation is 1. The highest BCUT2D eigenvalue weighted by atomic mass is 16.2. The molecule has 4 amide bonds. The molecule has 0 saturated carbocycles. The van der Waals surface area contributed by atoms with Gasteiger partial charge in [-0.1, -0.05) is 72.8 Å². The standard InChI is InChI=1S/C27H28N4O3/c32-25-19-31(24-16-8-7-15-22(24)29-25)27(34)30-23(18-21-12-5-2-6-13-21)26(33)28-17-9-14-20-10-3-1-4-11-20/h1-8,10-13,15-16,23H,9,14,17-19H2,(H,28,33)(H,29,32)(H,30,34)/t23-/m0/s1. The lowest BCUT2D eigenvalue weighted by atomic mass is 10.0. The number of nitrogens with one attached hydrogen (secondary N) is 3. The van der Waals surface area contributed by atoms with Gasteiger partial charge in [-0.2, -0.15) is 0 Å². The molecule has 3 aromatic rings. The number of carbonyl (C=O) groups excluding carboxylic acids is 3. The summed E-state index contributed by atoms with van der Waals surface area (Å²) in [5.41, 5.74) is 3.32. The Hall–Kier alpha value is -4.13. The first-order valence-corrected chi connectivity index (χ1v) is 11.4. The zero-order valence-corrected chi connectivity index (χ0v) is 18.9. The molecule has 0 aliphatic carbocycles. The van der Waals surface area contributed by atoms with Crippen LogP contribution < -0.4 is 20.9 Å². The van der Waals surface area contributed by atoms with Crippen LogP contribution in [0.2, 0.25) is 0 Å². The minimum atomic E-state index is -0.774. The van der Waals surface area contributed by atoms with E-state index in [1.54, 1.807) is 24.3 Å². The highest BCUT2D eigenvalue weighted by Gasteiger charge is 2.30. The maximum Gasteiger partial charge on any atom is 0.323 e. The summed E-state index contributed by atoms with van der Waals surface area (Å²) in [7, 11) is 0. The van der Waals surface area contributed by atoms with E-state index in [2.05, 4.69) is 28.1 Å². The van der Waals surface area contributed by atoms with Crippen LogP contribution in [0.25, 0.3) is 0 Å². The number of benzene rings is 3. The minimum absolute atomic E-state index is 0.112. The molecule has 1 aliphatic rings. The molecule has 0 bridgehead atoms. The van der Waals surface area contributed by atoms with E-state index in [0.717, 1.165) is 18.4 Å². The molecular formula is C27H28N4O3. The predicted octanol–water partition coefficient (Wildman–Crippen LogP) is 3.52. The summed E-state index contributed by atoms with van der Waals surface area (Å²) in [6.07, 6.45) is 2.00. The third kappa shape index (κ3) is 6.01. The van der Waals surface area contributed by atoms with E-state index in [0.29, 0.717) is 24.3 Å². The summed E-state index contributed by atoms with van der Waals surface area (Å²) in [6, 6.07) is 25.5. The SMILES string of the molecule is O=C1CN(C(=O)N[C@@H](Cc2ccccc2)C(=O)NCCCc2ccccc2)c2ccccc2N1. The van der Waals surface area contributed by atoms with E-state index < -0.39 is 12.1 Å². The molecule has 0 spiro atoms. The van der Waals surface area contributed by atoms with E-state index in [1.807, 2.05) is 48.5 Å². The number of amides is 4. The zero-order chi connectivity index (χ0) is 23.8. The molecule has 0 fully saturated rings. The second kappa shape index (κ2) is 11.1. The fourth-order valence-corrected chi connectivity index (χ4v) is 3.97. The van der Waals surface area contributed by atoms with Crippen molar-refractivity contribution in [3.8, 4) is 0 Å². The van der Waals surface area contributed by atoms with Gasteiger partial charge in [0.1, 0.15) is 12.6 Å². The van der Waals surface area contributed by atoms with Gasteiger partial charge in [0.05, 0.1) is 11.4 Å². The smallest absolute Gasteiger partial charge is 0.323 e. The highest BCUT2D eigenvalue weighted by Crippen LogP contribution is 2.28. The number of fused-ring (bicyclic) bond motifs is 1. The van der Waals surface area contributed by atoms with Gasteiger partial charge in [-0.15, -0.1) is 0 Å². The van der Waals surface area contributed by atoms with Crippen molar-refractivity contribution in [2.45, 2.75) is 25.3 Å². The molecule has 174 valence electrons.